The number of methoxy groups -OCH3 is 1. The number of rotatable bonds is 3. The van der Waals surface area contributed by atoms with Gasteiger partial charge in [-0.2, -0.15) is 0 Å². The first-order valence-electron chi connectivity index (χ1n) is 3.81. The van der Waals surface area contributed by atoms with Crippen LogP contribution >= 0.6 is 0 Å². The van der Waals surface area contributed by atoms with Crippen molar-refractivity contribution in [2.75, 3.05) is 14.2 Å². The van der Waals surface area contributed by atoms with Crippen molar-refractivity contribution in [3.05, 3.63) is 29.8 Å². The van der Waals surface area contributed by atoms with Crippen LogP contribution in [-0.4, -0.2) is 19.2 Å². The van der Waals surface area contributed by atoms with Crippen LogP contribution in [0.5, 0.6) is 5.75 Å². The zero-order chi connectivity index (χ0) is 8.97. The van der Waals surface area contributed by atoms with E-state index in [1.165, 1.54) is 5.56 Å². The summed E-state index contributed by atoms with van der Waals surface area (Å²) in [5.41, 5.74) is 1.18. The number of benzene rings is 1. The minimum absolute atomic E-state index is 0.754. The number of hydrogen-bond acceptors (Lipinski definition) is 3. The Morgan fingerprint density at radius 2 is 1.92 bits per heavy atom. The average Bonchev–Trinajstić information content (AvgIpc) is 2.05. The van der Waals surface area contributed by atoms with Gasteiger partial charge in [-0.15, -0.1) is 0 Å². The third-order valence-corrected chi connectivity index (χ3v) is 1.59. The van der Waals surface area contributed by atoms with Crippen molar-refractivity contribution in [3.8, 4) is 5.75 Å². The Labute approximate surface area is 72.7 Å². The van der Waals surface area contributed by atoms with Crippen molar-refractivity contribution in [3.63, 3.8) is 0 Å². The zero-order valence-electron chi connectivity index (χ0n) is 7.45. The summed E-state index contributed by atoms with van der Waals surface area (Å²) >= 11 is 0. The molecule has 1 aromatic rings. The van der Waals surface area contributed by atoms with E-state index in [0.29, 0.717) is 0 Å². The van der Waals surface area contributed by atoms with Crippen LogP contribution in [0, 0.1) is 0 Å². The molecule has 0 bridgehead atoms. The summed E-state index contributed by atoms with van der Waals surface area (Å²) in [6, 6.07) is 7.86. The monoisotopic (exact) mass is 166 g/mol. The summed E-state index contributed by atoms with van der Waals surface area (Å²) < 4.78 is 5.03. The number of nitrogens with zero attached hydrogens (tertiary/aromatic N) is 1. The Morgan fingerprint density at radius 3 is 2.33 bits per heavy atom. The molecule has 0 aliphatic heterocycles. The van der Waals surface area contributed by atoms with E-state index in [-0.39, 0.29) is 0 Å². The van der Waals surface area contributed by atoms with E-state index in [0.717, 1.165) is 12.3 Å². The molecule has 0 unspecified atom stereocenters. The molecule has 1 rings (SSSR count). The fraction of sp³-hybridized carbons (Fsp3) is 0.333. The highest BCUT2D eigenvalue weighted by Gasteiger charge is 1.95. The highest BCUT2D eigenvalue weighted by Crippen LogP contribution is 2.11. The van der Waals surface area contributed by atoms with Gasteiger partial charge in [0.05, 0.1) is 7.11 Å². The Bertz CT molecular complexity index is 231. The van der Waals surface area contributed by atoms with Gasteiger partial charge < -0.3 is 4.74 Å². The summed E-state index contributed by atoms with van der Waals surface area (Å²) in [5.74, 6) is 6.37. The van der Waals surface area contributed by atoms with Gasteiger partial charge in [0.2, 0.25) is 0 Å². The molecular formula is C9H14N2O. The van der Waals surface area contributed by atoms with Gasteiger partial charge in [-0.25, -0.2) is 5.01 Å². The highest BCUT2D eigenvalue weighted by atomic mass is 16.5. The number of hydrogen-bond donors (Lipinski definition) is 1. The van der Waals surface area contributed by atoms with Crippen LogP contribution in [0.25, 0.3) is 0 Å². The lowest BCUT2D eigenvalue weighted by Gasteiger charge is -2.09. The van der Waals surface area contributed by atoms with Crippen LogP contribution in [-0.2, 0) is 6.54 Å². The Morgan fingerprint density at radius 1 is 1.33 bits per heavy atom. The SMILES string of the molecule is COc1ccc(CN(C)N)cc1. The number of nitrogens with two attached hydrogens (primary N) is 1. The molecule has 0 saturated carbocycles. The molecule has 0 spiro atoms. The Hall–Kier alpha value is -1.06. The molecule has 0 aliphatic carbocycles. The van der Waals surface area contributed by atoms with E-state index >= 15 is 0 Å². The van der Waals surface area contributed by atoms with E-state index in [4.69, 9.17) is 10.6 Å². The Balaban J connectivity index is 2.65. The molecule has 0 atom stereocenters. The first-order chi connectivity index (χ1) is 5.72. The standard InChI is InChI=1S/C9H14N2O/c1-11(10)7-8-3-5-9(12-2)6-4-8/h3-6H,7,10H2,1-2H3. The second-order valence-electron chi connectivity index (χ2n) is 2.76. The van der Waals surface area contributed by atoms with Gasteiger partial charge in [0.15, 0.2) is 0 Å². The normalized spacial score (nSPS) is 10.3. The molecule has 0 heterocycles. The first kappa shape index (κ1) is 9.03. The Kier molecular flexibility index (Phi) is 3.08. The van der Waals surface area contributed by atoms with Gasteiger partial charge in [0.1, 0.15) is 5.75 Å². The summed E-state index contributed by atoms with van der Waals surface area (Å²) in [6.07, 6.45) is 0. The second kappa shape index (κ2) is 4.09. The molecule has 0 radical (unpaired) electrons. The lowest BCUT2D eigenvalue weighted by molar-refractivity contribution is 0.341. The molecule has 0 fully saturated rings. The van der Waals surface area contributed by atoms with Gasteiger partial charge in [-0.05, 0) is 17.7 Å². The van der Waals surface area contributed by atoms with Gasteiger partial charge in [0, 0.05) is 13.6 Å². The summed E-state index contributed by atoms with van der Waals surface area (Å²) in [7, 11) is 3.49. The van der Waals surface area contributed by atoms with Crippen molar-refractivity contribution >= 4 is 0 Å². The van der Waals surface area contributed by atoms with Crippen LogP contribution in [0.3, 0.4) is 0 Å². The molecule has 0 aliphatic rings. The van der Waals surface area contributed by atoms with Crippen molar-refractivity contribution in [1.82, 2.24) is 5.01 Å². The molecule has 0 saturated heterocycles. The van der Waals surface area contributed by atoms with E-state index in [1.54, 1.807) is 12.1 Å². The molecule has 0 amide bonds. The third-order valence-electron chi connectivity index (χ3n) is 1.59. The average molecular weight is 166 g/mol. The van der Waals surface area contributed by atoms with E-state index in [2.05, 4.69) is 0 Å². The maximum atomic E-state index is 5.50. The zero-order valence-corrected chi connectivity index (χ0v) is 7.45. The molecule has 3 nitrogen and oxygen atoms in total. The molecule has 1 aromatic carbocycles. The minimum atomic E-state index is 0.754. The molecule has 12 heavy (non-hydrogen) atoms. The predicted molar refractivity (Wildman–Crippen MR) is 48.6 cm³/mol. The van der Waals surface area contributed by atoms with Gasteiger partial charge >= 0.3 is 0 Å². The van der Waals surface area contributed by atoms with Gasteiger partial charge in [-0.3, -0.25) is 5.84 Å². The number of hydrazine groups is 1. The lowest BCUT2D eigenvalue weighted by Crippen LogP contribution is -2.24. The molecule has 66 valence electrons. The molecule has 3 heteroatoms. The number of ether oxygens (including phenoxy) is 1. The smallest absolute Gasteiger partial charge is 0.118 e. The maximum absolute atomic E-state index is 5.50. The largest absolute Gasteiger partial charge is 0.497 e. The van der Waals surface area contributed by atoms with Crippen molar-refractivity contribution in [1.29, 1.82) is 0 Å². The van der Waals surface area contributed by atoms with Crippen molar-refractivity contribution in [2.24, 2.45) is 5.84 Å². The maximum Gasteiger partial charge on any atom is 0.118 e. The minimum Gasteiger partial charge on any atom is -0.497 e. The van der Waals surface area contributed by atoms with E-state index in [9.17, 15) is 0 Å². The van der Waals surface area contributed by atoms with Crippen LogP contribution in [0.1, 0.15) is 5.56 Å². The van der Waals surface area contributed by atoms with Crippen molar-refractivity contribution < 1.29 is 4.74 Å². The molecule has 2 N–H and O–H groups in total. The van der Waals surface area contributed by atoms with Crippen LogP contribution in [0.2, 0.25) is 0 Å². The predicted octanol–water partition coefficient (Wildman–Crippen LogP) is 1.00. The van der Waals surface area contributed by atoms with Crippen LogP contribution in [0.4, 0.5) is 0 Å². The van der Waals surface area contributed by atoms with Crippen LogP contribution in [0.15, 0.2) is 24.3 Å². The second-order valence-corrected chi connectivity index (χ2v) is 2.76. The lowest BCUT2D eigenvalue weighted by atomic mass is 10.2. The summed E-state index contributed by atoms with van der Waals surface area (Å²) in [5, 5.41) is 1.64. The third kappa shape index (κ3) is 2.53. The summed E-state index contributed by atoms with van der Waals surface area (Å²) in [6.45, 7) is 0.754. The fourth-order valence-electron chi connectivity index (χ4n) is 1.02. The quantitative estimate of drug-likeness (QED) is 0.538. The summed E-state index contributed by atoms with van der Waals surface area (Å²) in [4.78, 5) is 0. The molecule has 0 aromatic heterocycles. The molecular weight excluding hydrogens is 152 g/mol. The van der Waals surface area contributed by atoms with Crippen LogP contribution < -0.4 is 10.6 Å². The topological polar surface area (TPSA) is 38.5 Å². The first-order valence-corrected chi connectivity index (χ1v) is 3.81. The van der Waals surface area contributed by atoms with Crippen molar-refractivity contribution in [2.45, 2.75) is 6.54 Å². The fourth-order valence-corrected chi connectivity index (χ4v) is 1.02. The van der Waals surface area contributed by atoms with E-state index < -0.39 is 0 Å². The van der Waals surface area contributed by atoms with Gasteiger partial charge in [0.25, 0.3) is 0 Å². The van der Waals surface area contributed by atoms with E-state index in [1.807, 2.05) is 31.3 Å². The highest BCUT2D eigenvalue weighted by molar-refractivity contribution is 5.26. The van der Waals surface area contributed by atoms with Gasteiger partial charge in [-0.1, -0.05) is 12.1 Å².